The van der Waals surface area contributed by atoms with Gasteiger partial charge in [-0.15, -0.1) is 0 Å². The first-order chi connectivity index (χ1) is 8.95. The van der Waals surface area contributed by atoms with Crippen LogP contribution in [0.25, 0.3) is 0 Å². The molecule has 5 nitrogen and oxygen atoms in total. The van der Waals surface area contributed by atoms with Gasteiger partial charge in [-0.05, 0) is 19.4 Å². The molecule has 2 atom stereocenters. The van der Waals surface area contributed by atoms with Crippen molar-refractivity contribution in [1.82, 2.24) is 5.32 Å². The van der Waals surface area contributed by atoms with Gasteiger partial charge in [-0.3, -0.25) is 10.1 Å². The van der Waals surface area contributed by atoms with Crippen molar-refractivity contribution in [3.63, 3.8) is 0 Å². The number of nitrogens with one attached hydrogen (secondary N) is 2. The van der Waals surface area contributed by atoms with E-state index in [0.29, 0.717) is 0 Å². The zero-order valence-electron chi connectivity index (χ0n) is 11.8. The van der Waals surface area contributed by atoms with Crippen LogP contribution in [0.15, 0.2) is 24.3 Å². The number of methoxy groups -OCH3 is 1. The summed E-state index contributed by atoms with van der Waals surface area (Å²) in [5.74, 6) is -0.335. The lowest BCUT2D eigenvalue weighted by Crippen LogP contribution is -3.12. The average molecular weight is 265 g/mol. The Morgan fingerprint density at radius 3 is 2.58 bits per heavy atom. The number of aryl methyl sites for hydroxylation is 1. The van der Waals surface area contributed by atoms with Crippen LogP contribution in [-0.2, 0) is 16.1 Å². The number of hydrogen-bond donors (Lipinski definition) is 2. The van der Waals surface area contributed by atoms with Gasteiger partial charge in [0.05, 0.1) is 14.2 Å². The molecule has 104 valence electrons. The monoisotopic (exact) mass is 265 g/mol. The number of quaternary nitrogens is 1. The molecule has 1 aromatic carbocycles. The topological polar surface area (TPSA) is 59.8 Å². The molecule has 0 bridgehead atoms. The summed E-state index contributed by atoms with van der Waals surface area (Å²) in [5, 5.41) is 2.19. The fourth-order valence-electron chi connectivity index (χ4n) is 1.75. The summed E-state index contributed by atoms with van der Waals surface area (Å²) in [6.07, 6.45) is -0.722. The molecule has 19 heavy (non-hydrogen) atoms. The molecule has 1 unspecified atom stereocenters. The van der Waals surface area contributed by atoms with Gasteiger partial charge in [0, 0.05) is 5.56 Å². The maximum Gasteiger partial charge on any atom is 0.413 e. The average Bonchev–Trinajstić information content (AvgIpc) is 2.40. The number of benzene rings is 1. The third-order valence-corrected chi connectivity index (χ3v) is 3.27. The second kappa shape index (κ2) is 6.89. The van der Waals surface area contributed by atoms with Crippen LogP contribution in [0.2, 0.25) is 0 Å². The lowest BCUT2D eigenvalue weighted by atomic mass is 10.1. The van der Waals surface area contributed by atoms with Crippen LogP contribution in [0.1, 0.15) is 18.1 Å². The summed E-state index contributed by atoms with van der Waals surface area (Å²) in [4.78, 5) is 23.8. The number of hydrogen-bond acceptors (Lipinski definition) is 3. The lowest BCUT2D eigenvalue weighted by molar-refractivity contribution is -0.908. The quantitative estimate of drug-likeness (QED) is 0.822. The van der Waals surface area contributed by atoms with Crippen molar-refractivity contribution in [2.75, 3.05) is 14.2 Å². The number of carbonyl (C=O) groups is 2. The predicted molar refractivity (Wildman–Crippen MR) is 71.8 cm³/mol. The molecule has 1 aromatic rings. The molecule has 0 spiro atoms. The maximum atomic E-state index is 11.8. The molecular formula is C14H21N2O3+. The first-order valence-electron chi connectivity index (χ1n) is 6.21. The van der Waals surface area contributed by atoms with Gasteiger partial charge in [-0.1, -0.05) is 24.3 Å². The molecule has 2 amide bonds. The minimum atomic E-state index is -0.722. The van der Waals surface area contributed by atoms with E-state index >= 15 is 0 Å². The van der Waals surface area contributed by atoms with Crippen molar-refractivity contribution < 1.29 is 19.2 Å². The van der Waals surface area contributed by atoms with Crippen molar-refractivity contribution in [1.29, 1.82) is 0 Å². The van der Waals surface area contributed by atoms with Gasteiger partial charge in [-0.2, -0.15) is 0 Å². The van der Waals surface area contributed by atoms with E-state index in [1.807, 2.05) is 38.2 Å². The summed E-state index contributed by atoms with van der Waals surface area (Å²) in [6, 6.07) is 7.72. The highest BCUT2D eigenvalue weighted by atomic mass is 16.5. The maximum absolute atomic E-state index is 11.8. The first-order valence-corrected chi connectivity index (χ1v) is 6.21. The highest BCUT2D eigenvalue weighted by Gasteiger charge is 2.24. The van der Waals surface area contributed by atoms with Gasteiger partial charge >= 0.3 is 6.09 Å². The van der Waals surface area contributed by atoms with Crippen LogP contribution in [0, 0.1) is 6.92 Å². The second-order valence-electron chi connectivity index (χ2n) is 4.65. The fourth-order valence-corrected chi connectivity index (χ4v) is 1.75. The standard InChI is InChI=1S/C14H20N2O3/c1-10-7-5-6-8-12(10)9-16(3)11(2)13(17)15-14(18)19-4/h5-8,11H,9H2,1-4H3,(H,15,17,18)/p+1/t11-/m0/s1. The molecule has 0 aliphatic heterocycles. The lowest BCUT2D eigenvalue weighted by Gasteiger charge is -2.21. The first kappa shape index (κ1) is 15.2. The Balaban J connectivity index is 2.62. The fraction of sp³-hybridized carbons (Fsp3) is 0.429. The number of carbonyl (C=O) groups excluding carboxylic acids is 2. The van der Waals surface area contributed by atoms with E-state index in [1.165, 1.54) is 18.2 Å². The third kappa shape index (κ3) is 4.37. The molecule has 0 radical (unpaired) electrons. The van der Waals surface area contributed by atoms with Crippen LogP contribution in [0.5, 0.6) is 0 Å². The highest BCUT2D eigenvalue weighted by Crippen LogP contribution is 2.04. The molecule has 0 aliphatic carbocycles. The summed E-state index contributed by atoms with van der Waals surface area (Å²) < 4.78 is 4.41. The van der Waals surface area contributed by atoms with E-state index in [1.54, 1.807) is 6.92 Å². The molecule has 2 N–H and O–H groups in total. The predicted octanol–water partition coefficient (Wildman–Crippen LogP) is 0.281. The number of likely N-dealkylation sites (N-methyl/N-ethyl adjacent to an activating group) is 1. The summed E-state index contributed by atoms with van der Waals surface area (Å²) in [5.41, 5.74) is 2.39. The molecule has 1 rings (SSSR count). The molecule has 0 aliphatic rings. The van der Waals surface area contributed by atoms with E-state index in [0.717, 1.165) is 11.4 Å². The van der Waals surface area contributed by atoms with E-state index in [-0.39, 0.29) is 11.9 Å². The molecule has 5 heteroatoms. The Kier molecular flexibility index (Phi) is 5.51. The molecule has 0 fully saturated rings. The Morgan fingerprint density at radius 1 is 1.37 bits per heavy atom. The Labute approximate surface area is 113 Å². The SMILES string of the molecule is COC(=O)NC(=O)[C@H](C)[NH+](C)Cc1ccccc1C. The van der Waals surface area contributed by atoms with Crippen molar-refractivity contribution in [2.24, 2.45) is 0 Å². The zero-order valence-corrected chi connectivity index (χ0v) is 11.8. The third-order valence-electron chi connectivity index (χ3n) is 3.27. The Bertz CT molecular complexity index is 460. The van der Waals surface area contributed by atoms with E-state index in [9.17, 15) is 9.59 Å². The number of alkyl carbamates (subject to hydrolysis) is 1. The smallest absolute Gasteiger partial charge is 0.413 e. The van der Waals surface area contributed by atoms with Crippen molar-refractivity contribution in [3.8, 4) is 0 Å². The van der Waals surface area contributed by atoms with Gasteiger partial charge < -0.3 is 9.64 Å². The second-order valence-corrected chi connectivity index (χ2v) is 4.65. The van der Waals surface area contributed by atoms with Crippen molar-refractivity contribution in [2.45, 2.75) is 26.4 Å². The number of imide groups is 1. The molecule has 0 heterocycles. The largest absolute Gasteiger partial charge is 0.453 e. The van der Waals surface area contributed by atoms with E-state index in [2.05, 4.69) is 10.1 Å². The van der Waals surface area contributed by atoms with Gasteiger partial charge in [-0.25, -0.2) is 4.79 Å². The normalized spacial score (nSPS) is 13.5. The van der Waals surface area contributed by atoms with Gasteiger partial charge in [0.2, 0.25) is 0 Å². The summed E-state index contributed by atoms with van der Waals surface area (Å²) in [7, 11) is 3.16. The van der Waals surface area contributed by atoms with Gasteiger partial charge in [0.15, 0.2) is 6.04 Å². The number of amides is 2. The van der Waals surface area contributed by atoms with Crippen LogP contribution in [0.3, 0.4) is 0 Å². The number of ether oxygens (including phenoxy) is 1. The van der Waals surface area contributed by atoms with Crippen LogP contribution in [0.4, 0.5) is 4.79 Å². The van der Waals surface area contributed by atoms with Gasteiger partial charge in [0.25, 0.3) is 5.91 Å². The molecule has 0 saturated carbocycles. The highest BCUT2D eigenvalue weighted by molar-refractivity contribution is 5.93. The van der Waals surface area contributed by atoms with Gasteiger partial charge in [0.1, 0.15) is 6.54 Å². The van der Waals surface area contributed by atoms with E-state index in [4.69, 9.17) is 0 Å². The zero-order chi connectivity index (χ0) is 14.4. The molecule has 0 aromatic heterocycles. The van der Waals surface area contributed by atoms with Crippen LogP contribution in [-0.4, -0.2) is 32.2 Å². The van der Waals surface area contributed by atoms with Crippen molar-refractivity contribution in [3.05, 3.63) is 35.4 Å². The minimum Gasteiger partial charge on any atom is -0.453 e. The van der Waals surface area contributed by atoms with Crippen LogP contribution < -0.4 is 10.2 Å². The molecule has 0 saturated heterocycles. The van der Waals surface area contributed by atoms with Crippen molar-refractivity contribution >= 4 is 12.0 Å². The van der Waals surface area contributed by atoms with Crippen LogP contribution >= 0.6 is 0 Å². The van der Waals surface area contributed by atoms with E-state index < -0.39 is 6.09 Å². The Morgan fingerprint density at radius 2 is 2.00 bits per heavy atom. The summed E-state index contributed by atoms with van der Waals surface area (Å²) in [6.45, 7) is 4.55. The Hall–Kier alpha value is -1.88. The molecular weight excluding hydrogens is 244 g/mol. The summed E-state index contributed by atoms with van der Waals surface area (Å²) >= 11 is 0. The number of rotatable bonds is 4. The minimum absolute atomic E-state index is 0.335.